The van der Waals surface area contributed by atoms with Gasteiger partial charge in [0, 0.05) is 17.1 Å². The minimum atomic E-state index is -4.02. The molecule has 170 valence electrons. The van der Waals surface area contributed by atoms with Crippen molar-refractivity contribution in [2.75, 3.05) is 5.32 Å². The molecule has 0 spiro atoms. The zero-order valence-electron chi connectivity index (χ0n) is 18.3. The summed E-state index contributed by atoms with van der Waals surface area (Å²) in [5.74, 6) is -0.819. The van der Waals surface area contributed by atoms with Crippen LogP contribution in [0.5, 0.6) is 0 Å². The molecule has 2 heterocycles. The highest BCUT2D eigenvalue weighted by atomic mass is 32.2. The van der Waals surface area contributed by atoms with E-state index in [1.165, 1.54) is 23.6 Å². The van der Waals surface area contributed by atoms with Gasteiger partial charge in [0.2, 0.25) is 21.1 Å². The molecule has 1 atom stereocenters. The van der Waals surface area contributed by atoms with Gasteiger partial charge in [0.25, 0.3) is 0 Å². The number of nitrogens with one attached hydrogen (secondary N) is 2. The van der Waals surface area contributed by atoms with Gasteiger partial charge in [0.15, 0.2) is 0 Å². The summed E-state index contributed by atoms with van der Waals surface area (Å²) in [5.41, 5.74) is 2.34. The number of rotatable bonds is 7. The van der Waals surface area contributed by atoms with Gasteiger partial charge in [-0.2, -0.15) is 4.72 Å². The number of carbonyl (C=O) groups excluding carboxylic acids is 1. The summed E-state index contributed by atoms with van der Waals surface area (Å²) in [6.45, 7) is 5.52. The largest absolute Gasteiger partial charge is 0.299 e. The lowest BCUT2D eigenvalue weighted by Crippen LogP contribution is -2.47. The highest BCUT2D eigenvalue weighted by Gasteiger charge is 2.30. The van der Waals surface area contributed by atoms with Gasteiger partial charge in [-0.05, 0) is 31.0 Å². The van der Waals surface area contributed by atoms with Crippen LogP contribution >= 0.6 is 11.3 Å². The van der Waals surface area contributed by atoms with Crippen LogP contribution in [0.15, 0.2) is 65.7 Å². The number of aromatic nitrogens is 3. The molecule has 4 rings (SSSR count). The van der Waals surface area contributed by atoms with E-state index in [1.54, 1.807) is 38.1 Å². The summed E-state index contributed by atoms with van der Waals surface area (Å²) < 4.78 is 28.9. The number of anilines is 1. The van der Waals surface area contributed by atoms with Crippen LogP contribution in [0.25, 0.3) is 21.5 Å². The van der Waals surface area contributed by atoms with Gasteiger partial charge in [0.05, 0.1) is 5.52 Å². The number of hydrogen-bond acceptors (Lipinski definition) is 7. The van der Waals surface area contributed by atoms with Crippen LogP contribution in [0.4, 0.5) is 5.13 Å². The molecule has 0 aliphatic rings. The van der Waals surface area contributed by atoms with E-state index in [2.05, 4.69) is 25.2 Å². The van der Waals surface area contributed by atoms with Crippen LogP contribution in [0.3, 0.4) is 0 Å². The molecule has 8 nitrogen and oxygen atoms in total. The second-order valence-electron chi connectivity index (χ2n) is 7.95. The maximum Gasteiger partial charge on any atom is 0.244 e. The standard InChI is InChI=1S/C23H23N5O3S2/c1-14(2)19(28-33(30,31)18-11-5-8-16-10-6-12-24-20(16)18)21(29)25-23-27-26-22(32-23)17-9-4-7-15(3)13-17/h4-14,19,28H,1-3H3,(H,25,27,29). The highest BCUT2D eigenvalue weighted by Crippen LogP contribution is 2.27. The van der Waals surface area contributed by atoms with Gasteiger partial charge in [-0.15, -0.1) is 10.2 Å². The summed E-state index contributed by atoms with van der Waals surface area (Å²) in [6.07, 6.45) is 1.54. The Morgan fingerprint density at radius 2 is 1.79 bits per heavy atom. The van der Waals surface area contributed by atoms with E-state index in [-0.39, 0.29) is 10.8 Å². The number of carbonyl (C=O) groups is 1. The highest BCUT2D eigenvalue weighted by molar-refractivity contribution is 7.89. The molecule has 1 unspecified atom stereocenters. The molecule has 0 aliphatic carbocycles. The summed E-state index contributed by atoms with van der Waals surface area (Å²) in [4.78, 5) is 17.3. The Morgan fingerprint density at radius 3 is 2.55 bits per heavy atom. The van der Waals surface area contributed by atoms with E-state index in [0.29, 0.717) is 21.0 Å². The molecule has 1 amide bonds. The molecule has 0 fully saturated rings. The lowest BCUT2D eigenvalue weighted by atomic mass is 10.1. The number of sulfonamides is 1. The monoisotopic (exact) mass is 481 g/mol. The number of hydrogen-bond donors (Lipinski definition) is 2. The Hall–Kier alpha value is -3.21. The van der Waals surface area contributed by atoms with Gasteiger partial charge in [-0.25, -0.2) is 8.42 Å². The van der Waals surface area contributed by atoms with Crippen LogP contribution in [-0.4, -0.2) is 35.5 Å². The van der Waals surface area contributed by atoms with Crippen LogP contribution < -0.4 is 10.0 Å². The van der Waals surface area contributed by atoms with Gasteiger partial charge in [-0.1, -0.05) is 67.1 Å². The van der Waals surface area contributed by atoms with Crippen molar-refractivity contribution in [2.45, 2.75) is 31.7 Å². The lowest BCUT2D eigenvalue weighted by Gasteiger charge is -2.21. The molecule has 2 aromatic heterocycles. The topological polar surface area (TPSA) is 114 Å². The first-order valence-electron chi connectivity index (χ1n) is 10.3. The zero-order chi connectivity index (χ0) is 23.6. The maximum atomic E-state index is 13.2. The van der Waals surface area contributed by atoms with Crippen LogP contribution in [0.2, 0.25) is 0 Å². The van der Waals surface area contributed by atoms with Crippen molar-refractivity contribution >= 4 is 43.3 Å². The Bertz CT molecular complexity index is 1410. The lowest BCUT2D eigenvalue weighted by molar-refractivity contribution is -0.118. The van der Waals surface area contributed by atoms with Crippen molar-refractivity contribution in [3.05, 3.63) is 66.4 Å². The van der Waals surface area contributed by atoms with Crippen molar-refractivity contribution in [1.82, 2.24) is 19.9 Å². The molecule has 0 radical (unpaired) electrons. The van der Waals surface area contributed by atoms with Gasteiger partial charge < -0.3 is 0 Å². The minimum absolute atomic E-state index is 0.0247. The third kappa shape index (κ3) is 5.08. The molecule has 2 N–H and O–H groups in total. The molecule has 0 saturated heterocycles. The number of fused-ring (bicyclic) bond motifs is 1. The minimum Gasteiger partial charge on any atom is -0.299 e. The average Bonchev–Trinajstić information content (AvgIpc) is 3.25. The van der Waals surface area contributed by atoms with Crippen molar-refractivity contribution in [3.8, 4) is 10.6 Å². The predicted molar refractivity (Wildman–Crippen MR) is 129 cm³/mol. The van der Waals surface area contributed by atoms with Gasteiger partial charge in [-0.3, -0.25) is 15.1 Å². The number of amides is 1. The summed E-state index contributed by atoms with van der Waals surface area (Å²) >= 11 is 1.23. The molecule has 4 aromatic rings. The van der Waals surface area contributed by atoms with E-state index >= 15 is 0 Å². The van der Waals surface area contributed by atoms with Crippen molar-refractivity contribution in [1.29, 1.82) is 0 Å². The third-order valence-corrected chi connectivity index (χ3v) is 7.40. The first kappa shape index (κ1) is 23.0. The quantitative estimate of drug-likeness (QED) is 0.412. The Morgan fingerprint density at radius 1 is 1.03 bits per heavy atom. The smallest absolute Gasteiger partial charge is 0.244 e. The number of nitrogens with zero attached hydrogens (tertiary/aromatic N) is 3. The average molecular weight is 482 g/mol. The van der Waals surface area contributed by atoms with Crippen LogP contribution in [0.1, 0.15) is 19.4 Å². The molecule has 0 aliphatic heterocycles. The number of pyridine rings is 1. The van der Waals surface area contributed by atoms with Crippen LogP contribution in [0, 0.1) is 12.8 Å². The fourth-order valence-corrected chi connectivity index (χ4v) is 5.63. The Kier molecular flexibility index (Phi) is 6.50. The number of para-hydroxylation sites is 1. The number of aryl methyl sites for hydroxylation is 1. The molecule has 0 bridgehead atoms. The second kappa shape index (κ2) is 9.34. The Labute approximate surface area is 196 Å². The predicted octanol–water partition coefficient (Wildman–Crippen LogP) is 4.00. The molecule has 10 heteroatoms. The first-order valence-corrected chi connectivity index (χ1v) is 12.6. The van der Waals surface area contributed by atoms with E-state index in [9.17, 15) is 13.2 Å². The summed E-state index contributed by atoms with van der Waals surface area (Å²) in [7, 11) is -4.02. The molecule has 33 heavy (non-hydrogen) atoms. The molecular weight excluding hydrogens is 458 g/mol. The fourth-order valence-electron chi connectivity index (χ4n) is 3.37. The molecule has 0 saturated carbocycles. The van der Waals surface area contributed by atoms with Crippen LogP contribution in [-0.2, 0) is 14.8 Å². The molecule has 2 aromatic carbocycles. The molecular formula is C23H23N5O3S2. The third-order valence-electron chi connectivity index (χ3n) is 5.04. The van der Waals surface area contributed by atoms with E-state index in [0.717, 1.165) is 11.1 Å². The van der Waals surface area contributed by atoms with Gasteiger partial charge >= 0.3 is 0 Å². The summed E-state index contributed by atoms with van der Waals surface area (Å²) in [6, 6.07) is 15.2. The van der Waals surface area contributed by atoms with Crippen molar-refractivity contribution in [3.63, 3.8) is 0 Å². The van der Waals surface area contributed by atoms with E-state index < -0.39 is 22.0 Å². The number of benzene rings is 2. The van der Waals surface area contributed by atoms with Crippen molar-refractivity contribution < 1.29 is 13.2 Å². The second-order valence-corrected chi connectivity index (χ2v) is 10.6. The van der Waals surface area contributed by atoms with E-state index in [4.69, 9.17) is 0 Å². The normalized spacial score (nSPS) is 12.7. The van der Waals surface area contributed by atoms with Gasteiger partial charge in [0.1, 0.15) is 15.9 Å². The van der Waals surface area contributed by atoms with E-state index in [1.807, 2.05) is 31.2 Å². The Balaban J connectivity index is 1.56. The first-order chi connectivity index (χ1) is 15.7. The fraction of sp³-hybridized carbons (Fsp3) is 0.217. The SMILES string of the molecule is Cc1cccc(-c2nnc(NC(=O)C(NS(=O)(=O)c3cccc4cccnc34)C(C)C)s2)c1. The summed E-state index contributed by atoms with van der Waals surface area (Å²) in [5, 5.41) is 12.6. The van der Waals surface area contributed by atoms with Crippen molar-refractivity contribution in [2.24, 2.45) is 5.92 Å². The maximum absolute atomic E-state index is 13.2. The zero-order valence-corrected chi connectivity index (χ0v) is 19.9.